The van der Waals surface area contributed by atoms with Crippen LogP contribution in [0.15, 0.2) is 24.3 Å². The predicted octanol–water partition coefficient (Wildman–Crippen LogP) is 1.08. The summed E-state index contributed by atoms with van der Waals surface area (Å²) in [7, 11) is 1.74. The standard InChI is InChI=1S/C9H12FNO/c1-11-6-9(12)7-3-2-4-8(10)5-7/h2-5,9,11-12H,6H2,1H3/t9-/m0/s1. The lowest BCUT2D eigenvalue weighted by molar-refractivity contribution is 0.177. The molecule has 1 aromatic rings. The van der Waals surface area contributed by atoms with Gasteiger partial charge in [-0.2, -0.15) is 0 Å². The summed E-state index contributed by atoms with van der Waals surface area (Å²) in [5, 5.41) is 12.2. The van der Waals surface area contributed by atoms with Crippen LogP contribution >= 0.6 is 0 Å². The molecule has 66 valence electrons. The Morgan fingerprint density at radius 1 is 1.58 bits per heavy atom. The molecule has 1 aromatic carbocycles. The highest BCUT2D eigenvalue weighted by molar-refractivity contribution is 5.18. The van der Waals surface area contributed by atoms with Crippen molar-refractivity contribution in [3.05, 3.63) is 35.6 Å². The summed E-state index contributed by atoms with van der Waals surface area (Å²) in [5.74, 6) is -0.317. The molecule has 2 nitrogen and oxygen atoms in total. The summed E-state index contributed by atoms with van der Waals surface area (Å²) in [4.78, 5) is 0. The third-order valence-electron chi connectivity index (χ3n) is 1.63. The number of rotatable bonds is 3. The van der Waals surface area contributed by atoms with Gasteiger partial charge in [0, 0.05) is 6.54 Å². The van der Waals surface area contributed by atoms with Crippen LogP contribution in [0.4, 0.5) is 4.39 Å². The van der Waals surface area contributed by atoms with Gasteiger partial charge in [-0.05, 0) is 24.7 Å². The van der Waals surface area contributed by atoms with E-state index in [2.05, 4.69) is 5.32 Å². The van der Waals surface area contributed by atoms with Crippen LogP contribution < -0.4 is 5.32 Å². The number of likely N-dealkylation sites (N-methyl/N-ethyl adjacent to an activating group) is 1. The van der Waals surface area contributed by atoms with Gasteiger partial charge in [0.25, 0.3) is 0 Å². The van der Waals surface area contributed by atoms with Gasteiger partial charge in [0.1, 0.15) is 5.82 Å². The number of aliphatic hydroxyl groups is 1. The molecule has 0 aliphatic rings. The van der Waals surface area contributed by atoms with Crippen LogP contribution in [0.3, 0.4) is 0 Å². The van der Waals surface area contributed by atoms with Gasteiger partial charge in [0.2, 0.25) is 0 Å². The Morgan fingerprint density at radius 2 is 2.33 bits per heavy atom. The zero-order valence-electron chi connectivity index (χ0n) is 6.92. The van der Waals surface area contributed by atoms with E-state index in [4.69, 9.17) is 0 Å². The molecular weight excluding hydrogens is 157 g/mol. The summed E-state index contributed by atoms with van der Waals surface area (Å²) in [6, 6.07) is 5.98. The quantitative estimate of drug-likeness (QED) is 0.709. The molecule has 0 aliphatic carbocycles. The Bertz CT molecular complexity index is 252. The van der Waals surface area contributed by atoms with Gasteiger partial charge in [-0.1, -0.05) is 12.1 Å². The monoisotopic (exact) mass is 169 g/mol. The molecule has 2 N–H and O–H groups in total. The van der Waals surface area contributed by atoms with E-state index in [1.165, 1.54) is 12.1 Å². The summed E-state index contributed by atoms with van der Waals surface area (Å²) in [5.41, 5.74) is 0.601. The molecule has 0 radical (unpaired) electrons. The molecule has 0 spiro atoms. The molecule has 0 aromatic heterocycles. The average Bonchev–Trinajstić information content (AvgIpc) is 2.05. The third-order valence-corrected chi connectivity index (χ3v) is 1.63. The lowest BCUT2D eigenvalue weighted by atomic mass is 10.1. The van der Waals surface area contributed by atoms with E-state index >= 15 is 0 Å². The Labute approximate surface area is 71.0 Å². The average molecular weight is 169 g/mol. The molecule has 3 heteroatoms. The highest BCUT2D eigenvalue weighted by Gasteiger charge is 2.05. The molecule has 0 saturated carbocycles. The smallest absolute Gasteiger partial charge is 0.123 e. The van der Waals surface area contributed by atoms with Crippen LogP contribution in [0.5, 0.6) is 0 Å². The molecular formula is C9H12FNO. The Morgan fingerprint density at radius 3 is 2.92 bits per heavy atom. The van der Waals surface area contributed by atoms with E-state index in [9.17, 15) is 9.50 Å². The van der Waals surface area contributed by atoms with Gasteiger partial charge in [-0.15, -0.1) is 0 Å². The lowest BCUT2D eigenvalue weighted by Crippen LogP contribution is -2.16. The third kappa shape index (κ3) is 2.29. The fraction of sp³-hybridized carbons (Fsp3) is 0.333. The zero-order valence-corrected chi connectivity index (χ0v) is 6.92. The van der Waals surface area contributed by atoms with Gasteiger partial charge in [-0.25, -0.2) is 4.39 Å². The van der Waals surface area contributed by atoms with Crippen LogP contribution in [0.25, 0.3) is 0 Å². The first-order chi connectivity index (χ1) is 5.74. The maximum Gasteiger partial charge on any atom is 0.123 e. The van der Waals surface area contributed by atoms with E-state index < -0.39 is 6.10 Å². The largest absolute Gasteiger partial charge is 0.387 e. The van der Waals surface area contributed by atoms with Crippen molar-refractivity contribution in [2.75, 3.05) is 13.6 Å². The van der Waals surface area contributed by atoms with Crippen molar-refractivity contribution in [2.24, 2.45) is 0 Å². The minimum absolute atomic E-state index is 0.317. The van der Waals surface area contributed by atoms with Crippen molar-refractivity contribution < 1.29 is 9.50 Å². The van der Waals surface area contributed by atoms with Crippen molar-refractivity contribution in [1.29, 1.82) is 0 Å². The Kier molecular flexibility index (Phi) is 3.19. The molecule has 12 heavy (non-hydrogen) atoms. The van der Waals surface area contributed by atoms with Gasteiger partial charge in [0.05, 0.1) is 6.10 Å². The van der Waals surface area contributed by atoms with E-state index in [1.807, 2.05) is 0 Å². The van der Waals surface area contributed by atoms with Crippen molar-refractivity contribution in [3.8, 4) is 0 Å². The molecule has 0 amide bonds. The topological polar surface area (TPSA) is 32.3 Å². The minimum atomic E-state index is -0.634. The molecule has 0 bridgehead atoms. The van der Waals surface area contributed by atoms with Crippen LogP contribution in [0.1, 0.15) is 11.7 Å². The molecule has 1 atom stereocenters. The highest BCUT2D eigenvalue weighted by atomic mass is 19.1. The number of hydrogen-bond acceptors (Lipinski definition) is 2. The van der Waals surface area contributed by atoms with E-state index in [0.717, 1.165) is 0 Å². The van der Waals surface area contributed by atoms with Gasteiger partial charge < -0.3 is 10.4 Å². The molecule has 0 aliphatic heterocycles. The molecule has 1 rings (SSSR count). The van der Waals surface area contributed by atoms with E-state index in [0.29, 0.717) is 12.1 Å². The lowest BCUT2D eigenvalue weighted by Gasteiger charge is -2.09. The second kappa shape index (κ2) is 4.18. The van der Waals surface area contributed by atoms with Crippen LogP contribution in [-0.2, 0) is 0 Å². The summed E-state index contributed by atoms with van der Waals surface area (Å²) in [6.45, 7) is 0.434. The fourth-order valence-corrected chi connectivity index (χ4v) is 1.03. The second-order valence-corrected chi connectivity index (χ2v) is 2.63. The zero-order chi connectivity index (χ0) is 8.97. The molecule has 0 unspecified atom stereocenters. The molecule has 0 fully saturated rings. The maximum absolute atomic E-state index is 12.6. The number of hydrogen-bond donors (Lipinski definition) is 2. The Balaban J connectivity index is 2.73. The van der Waals surface area contributed by atoms with Crippen LogP contribution in [-0.4, -0.2) is 18.7 Å². The van der Waals surface area contributed by atoms with E-state index in [-0.39, 0.29) is 5.82 Å². The van der Waals surface area contributed by atoms with Crippen LogP contribution in [0, 0.1) is 5.82 Å². The van der Waals surface area contributed by atoms with Gasteiger partial charge >= 0.3 is 0 Å². The molecule has 0 saturated heterocycles. The number of benzene rings is 1. The minimum Gasteiger partial charge on any atom is -0.387 e. The predicted molar refractivity (Wildman–Crippen MR) is 45.3 cm³/mol. The van der Waals surface area contributed by atoms with Gasteiger partial charge in [0.15, 0.2) is 0 Å². The normalized spacial score (nSPS) is 12.9. The summed E-state index contributed by atoms with van der Waals surface area (Å²) in [6.07, 6.45) is -0.634. The molecule has 0 heterocycles. The SMILES string of the molecule is CNC[C@H](O)c1cccc(F)c1. The van der Waals surface area contributed by atoms with Crippen molar-refractivity contribution in [3.63, 3.8) is 0 Å². The number of nitrogens with one attached hydrogen (secondary N) is 1. The van der Waals surface area contributed by atoms with Crippen molar-refractivity contribution >= 4 is 0 Å². The van der Waals surface area contributed by atoms with Gasteiger partial charge in [-0.3, -0.25) is 0 Å². The van der Waals surface area contributed by atoms with E-state index in [1.54, 1.807) is 19.2 Å². The maximum atomic E-state index is 12.6. The number of halogens is 1. The second-order valence-electron chi connectivity index (χ2n) is 2.63. The first-order valence-electron chi connectivity index (χ1n) is 3.82. The van der Waals surface area contributed by atoms with Crippen molar-refractivity contribution in [2.45, 2.75) is 6.10 Å². The summed E-state index contributed by atoms with van der Waals surface area (Å²) >= 11 is 0. The summed E-state index contributed by atoms with van der Waals surface area (Å²) < 4.78 is 12.6. The first kappa shape index (κ1) is 9.16. The first-order valence-corrected chi connectivity index (χ1v) is 3.82. The fourth-order valence-electron chi connectivity index (χ4n) is 1.03. The van der Waals surface area contributed by atoms with Crippen LogP contribution in [0.2, 0.25) is 0 Å². The Hall–Kier alpha value is -0.930. The van der Waals surface area contributed by atoms with Crippen molar-refractivity contribution in [1.82, 2.24) is 5.32 Å². The number of aliphatic hydroxyl groups excluding tert-OH is 1. The highest BCUT2D eigenvalue weighted by Crippen LogP contribution is 2.12.